The molecular weight excluding hydrogens is 413 g/mol. The van der Waals surface area contributed by atoms with Gasteiger partial charge in [0.1, 0.15) is 11.8 Å². The fourth-order valence-corrected chi connectivity index (χ4v) is 3.08. The minimum atomic E-state index is -4.51. The molecule has 1 aromatic carbocycles. The van der Waals surface area contributed by atoms with Crippen molar-refractivity contribution >= 4 is 27.4 Å². The molecule has 0 aliphatic heterocycles. The maximum atomic E-state index is 12.8. The van der Waals surface area contributed by atoms with Crippen LogP contribution in [0.1, 0.15) is 21.5 Å². The second kappa shape index (κ2) is 7.83. The molecule has 3 rings (SSSR count). The zero-order chi connectivity index (χ0) is 21.2. The van der Waals surface area contributed by atoms with Gasteiger partial charge in [0.2, 0.25) is 0 Å². The summed E-state index contributed by atoms with van der Waals surface area (Å²) in [6, 6.07) is 7.14. The number of pyridine rings is 1. The number of anilines is 1. The van der Waals surface area contributed by atoms with E-state index in [0.717, 1.165) is 22.9 Å². The third-order valence-corrected chi connectivity index (χ3v) is 4.63. The van der Waals surface area contributed by atoms with Crippen molar-refractivity contribution in [3.05, 3.63) is 86.0 Å². The van der Waals surface area contributed by atoms with Crippen LogP contribution in [0.2, 0.25) is 0 Å². The number of hydrogen-bond donors (Lipinski definition) is 1. The highest BCUT2D eigenvalue weighted by Crippen LogP contribution is 2.29. The van der Waals surface area contributed by atoms with Crippen LogP contribution < -0.4 is 10.9 Å². The summed E-state index contributed by atoms with van der Waals surface area (Å²) in [4.78, 5) is 38.6. The van der Waals surface area contributed by atoms with Crippen molar-refractivity contribution in [3.8, 4) is 0 Å². The van der Waals surface area contributed by atoms with E-state index in [2.05, 4.69) is 10.3 Å². The van der Waals surface area contributed by atoms with Crippen molar-refractivity contribution in [3.63, 3.8) is 0 Å². The molecule has 2 aromatic heterocycles. The van der Waals surface area contributed by atoms with Crippen LogP contribution >= 0.6 is 11.3 Å². The van der Waals surface area contributed by atoms with E-state index < -0.39 is 28.1 Å². The molecule has 3 aromatic rings. The largest absolute Gasteiger partial charge is 0.416 e. The normalized spacial score (nSPS) is 11.3. The fourth-order valence-electron chi connectivity index (χ4n) is 2.45. The number of aromatic nitrogens is 2. The Bertz CT molecular complexity index is 1140. The molecule has 0 aliphatic rings. The summed E-state index contributed by atoms with van der Waals surface area (Å²) < 4.78 is 39.6. The van der Waals surface area contributed by atoms with E-state index in [0.29, 0.717) is 11.3 Å². The van der Waals surface area contributed by atoms with Crippen LogP contribution in [0, 0.1) is 10.1 Å². The molecular formula is C17H11F3N4O4S. The number of nitro groups is 1. The lowest BCUT2D eigenvalue weighted by Gasteiger charge is -2.11. The molecule has 0 saturated heterocycles. The molecule has 0 saturated carbocycles. The molecule has 0 unspecified atom stereocenters. The summed E-state index contributed by atoms with van der Waals surface area (Å²) in [6.45, 7) is -0.174. The Morgan fingerprint density at radius 1 is 1.28 bits per heavy atom. The van der Waals surface area contributed by atoms with Gasteiger partial charge in [0.15, 0.2) is 5.13 Å². The Balaban J connectivity index is 1.83. The summed E-state index contributed by atoms with van der Waals surface area (Å²) >= 11 is 0.623. The first-order chi connectivity index (χ1) is 13.6. The van der Waals surface area contributed by atoms with Gasteiger partial charge in [0, 0.05) is 6.20 Å². The Morgan fingerprint density at radius 3 is 2.69 bits per heavy atom. The molecule has 2 heterocycles. The van der Waals surface area contributed by atoms with Gasteiger partial charge in [-0.15, -0.1) is 0 Å². The summed E-state index contributed by atoms with van der Waals surface area (Å²) in [5, 5.41) is 12.6. The zero-order valence-corrected chi connectivity index (χ0v) is 15.2. The number of amides is 1. The van der Waals surface area contributed by atoms with Crippen LogP contribution in [0.4, 0.5) is 23.3 Å². The number of benzene rings is 1. The Kier molecular flexibility index (Phi) is 5.46. The van der Waals surface area contributed by atoms with Crippen LogP contribution in [0.3, 0.4) is 0 Å². The number of nitrogens with one attached hydrogen (secondary N) is 1. The monoisotopic (exact) mass is 424 g/mol. The third-order valence-electron chi connectivity index (χ3n) is 3.77. The first-order valence-electron chi connectivity index (χ1n) is 7.92. The van der Waals surface area contributed by atoms with Crippen molar-refractivity contribution in [2.24, 2.45) is 0 Å². The first kappa shape index (κ1) is 20.2. The van der Waals surface area contributed by atoms with E-state index in [1.807, 2.05) is 0 Å². The number of rotatable bonds is 5. The number of alkyl halides is 3. The van der Waals surface area contributed by atoms with Crippen LogP contribution in [-0.2, 0) is 12.7 Å². The van der Waals surface area contributed by atoms with Crippen LogP contribution in [0.15, 0.2) is 53.6 Å². The number of halogens is 3. The maximum absolute atomic E-state index is 12.8. The van der Waals surface area contributed by atoms with E-state index in [4.69, 9.17) is 0 Å². The molecule has 0 bridgehead atoms. The molecule has 0 aliphatic carbocycles. The molecule has 8 nitrogen and oxygen atoms in total. The maximum Gasteiger partial charge on any atom is 0.416 e. The molecule has 150 valence electrons. The Labute approximate surface area is 164 Å². The van der Waals surface area contributed by atoms with Gasteiger partial charge >= 0.3 is 11.2 Å². The lowest BCUT2D eigenvalue weighted by atomic mass is 10.1. The predicted octanol–water partition coefficient (Wildman–Crippen LogP) is 3.53. The van der Waals surface area contributed by atoms with Crippen LogP contribution in [-0.4, -0.2) is 20.4 Å². The van der Waals surface area contributed by atoms with Crippen molar-refractivity contribution in [1.29, 1.82) is 0 Å². The SMILES string of the molecule is O=C(Nc1ncc([N+](=O)[O-])s1)c1cccn(Cc2cccc(C(F)(F)F)c2)c1=O. The molecule has 0 spiro atoms. The number of nitrogens with zero attached hydrogens (tertiary/aromatic N) is 3. The zero-order valence-electron chi connectivity index (χ0n) is 14.3. The van der Waals surface area contributed by atoms with E-state index >= 15 is 0 Å². The van der Waals surface area contributed by atoms with Crippen molar-refractivity contribution < 1.29 is 22.9 Å². The van der Waals surface area contributed by atoms with Crippen molar-refractivity contribution in [2.75, 3.05) is 5.32 Å². The molecule has 0 fully saturated rings. The van der Waals surface area contributed by atoms with Gasteiger partial charge in [0.05, 0.1) is 17.0 Å². The van der Waals surface area contributed by atoms with E-state index in [-0.39, 0.29) is 27.8 Å². The highest BCUT2D eigenvalue weighted by molar-refractivity contribution is 7.18. The summed E-state index contributed by atoms with van der Waals surface area (Å²) in [7, 11) is 0. The van der Waals surface area contributed by atoms with Crippen LogP contribution in [0.25, 0.3) is 0 Å². The van der Waals surface area contributed by atoms with Crippen LogP contribution in [0.5, 0.6) is 0 Å². The number of carbonyl (C=O) groups excluding carboxylic acids is 1. The van der Waals surface area contributed by atoms with Gasteiger partial charge in [-0.1, -0.05) is 12.1 Å². The van der Waals surface area contributed by atoms with Gasteiger partial charge in [-0.25, -0.2) is 4.98 Å². The lowest BCUT2D eigenvalue weighted by molar-refractivity contribution is -0.380. The molecule has 0 radical (unpaired) electrons. The number of hydrogen-bond acceptors (Lipinski definition) is 6. The molecule has 12 heteroatoms. The Hall–Kier alpha value is -3.54. The fraction of sp³-hybridized carbons (Fsp3) is 0.118. The van der Waals surface area contributed by atoms with Gasteiger partial charge in [-0.2, -0.15) is 13.2 Å². The highest BCUT2D eigenvalue weighted by atomic mass is 32.1. The predicted molar refractivity (Wildman–Crippen MR) is 98.0 cm³/mol. The molecule has 1 amide bonds. The Morgan fingerprint density at radius 2 is 2.03 bits per heavy atom. The summed E-state index contributed by atoms with van der Waals surface area (Å²) in [5.74, 6) is -0.836. The van der Waals surface area contributed by atoms with Crippen molar-refractivity contribution in [2.45, 2.75) is 12.7 Å². The second-order valence-electron chi connectivity index (χ2n) is 5.77. The molecule has 29 heavy (non-hydrogen) atoms. The third kappa shape index (κ3) is 4.66. The minimum Gasteiger partial charge on any atom is -0.310 e. The van der Waals surface area contributed by atoms with E-state index in [1.54, 1.807) is 0 Å². The minimum absolute atomic E-state index is 0.0608. The standard InChI is InChI=1S/C17H11F3N4O4S/c18-17(19,20)11-4-1-3-10(7-11)9-23-6-2-5-12(15(23)26)14(25)22-16-21-8-13(29-16)24(27)28/h1-8H,9H2,(H,21,22,25). The molecule has 1 N–H and O–H groups in total. The molecule has 0 atom stereocenters. The van der Waals surface area contributed by atoms with Gasteiger partial charge < -0.3 is 4.57 Å². The van der Waals surface area contributed by atoms with E-state index in [1.165, 1.54) is 30.5 Å². The smallest absolute Gasteiger partial charge is 0.310 e. The quantitative estimate of drug-likeness (QED) is 0.498. The van der Waals surface area contributed by atoms with E-state index in [9.17, 15) is 32.9 Å². The number of carbonyl (C=O) groups is 1. The van der Waals surface area contributed by atoms with Gasteiger partial charge in [0.25, 0.3) is 11.5 Å². The van der Waals surface area contributed by atoms with Gasteiger partial charge in [-0.3, -0.25) is 25.0 Å². The lowest BCUT2D eigenvalue weighted by Crippen LogP contribution is -2.29. The highest BCUT2D eigenvalue weighted by Gasteiger charge is 2.30. The van der Waals surface area contributed by atoms with Crippen molar-refractivity contribution in [1.82, 2.24) is 9.55 Å². The summed E-state index contributed by atoms with van der Waals surface area (Å²) in [6.07, 6.45) is -2.20. The average molecular weight is 424 g/mol. The summed E-state index contributed by atoms with van der Waals surface area (Å²) in [5.41, 5.74) is -1.62. The average Bonchev–Trinajstić information content (AvgIpc) is 3.12. The number of thiazole rings is 1. The second-order valence-corrected chi connectivity index (χ2v) is 6.78. The first-order valence-corrected chi connectivity index (χ1v) is 8.74. The topological polar surface area (TPSA) is 107 Å². The van der Waals surface area contributed by atoms with Gasteiger partial charge in [-0.05, 0) is 41.2 Å².